The van der Waals surface area contributed by atoms with E-state index in [4.69, 9.17) is 6.57 Å². The molecule has 1 aromatic carbocycles. The molecular weight excluding hydrogens is 202 g/mol. The van der Waals surface area contributed by atoms with Gasteiger partial charge in [-0.2, -0.15) is 8.42 Å². The van der Waals surface area contributed by atoms with Gasteiger partial charge in [0.15, 0.2) is 0 Å². The first-order valence-electron chi connectivity index (χ1n) is 3.94. The molecule has 0 fully saturated rings. The average molecular weight is 211 g/mol. The van der Waals surface area contributed by atoms with Gasteiger partial charge in [0.2, 0.25) is 6.54 Å². The first-order valence-corrected chi connectivity index (χ1v) is 5.35. The fourth-order valence-electron chi connectivity index (χ4n) is 0.848. The third kappa shape index (κ3) is 2.83. The molecule has 0 saturated carbocycles. The maximum atomic E-state index is 11.4. The molecule has 0 amide bonds. The second kappa shape index (κ2) is 4.74. The minimum Gasteiger partial charge on any atom is -0.314 e. The van der Waals surface area contributed by atoms with Crippen LogP contribution in [0.25, 0.3) is 4.85 Å². The van der Waals surface area contributed by atoms with E-state index in [1.165, 1.54) is 12.1 Å². The van der Waals surface area contributed by atoms with Gasteiger partial charge in [0.05, 0.1) is 4.90 Å². The summed E-state index contributed by atoms with van der Waals surface area (Å²) >= 11 is 0. The van der Waals surface area contributed by atoms with Crippen LogP contribution in [-0.2, 0) is 14.3 Å². The van der Waals surface area contributed by atoms with Crippen molar-refractivity contribution in [1.29, 1.82) is 0 Å². The highest BCUT2D eigenvalue weighted by Crippen LogP contribution is 2.10. The van der Waals surface area contributed by atoms with Gasteiger partial charge < -0.3 is 4.85 Å². The van der Waals surface area contributed by atoms with E-state index in [0.29, 0.717) is 0 Å². The fourth-order valence-corrected chi connectivity index (χ4v) is 1.77. The minimum atomic E-state index is -3.68. The Labute approximate surface area is 83.1 Å². The van der Waals surface area contributed by atoms with E-state index in [1.54, 1.807) is 18.2 Å². The van der Waals surface area contributed by atoms with Crippen LogP contribution in [0.3, 0.4) is 0 Å². The molecule has 0 aliphatic heterocycles. The topological polar surface area (TPSA) is 47.7 Å². The van der Waals surface area contributed by atoms with E-state index >= 15 is 0 Å². The van der Waals surface area contributed by atoms with Crippen LogP contribution < -0.4 is 0 Å². The van der Waals surface area contributed by atoms with E-state index in [-0.39, 0.29) is 18.0 Å². The molecule has 1 aromatic rings. The summed E-state index contributed by atoms with van der Waals surface area (Å²) in [6.45, 7) is 6.42. The van der Waals surface area contributed by atoms with Crippen molar-refractivity contribution >= 4 is 10.1 Å². The Morgan fingerprint density at radius 2 is 1.93 bits per heavy atom. The normalized spacial score (nSPS) is 10.8. The summed E-state index contributed by atoms with van der Waals surface area (Å²) in [5.41, 5.74) is 0. The molecule has 0 aliphatic rings. The van der Waals surface area contributed by atoms with Crippen molar-refractivity contribution in [3.63, 3.8) is 0 Å². The summed E-state index contributed by atoms with van der Waals surface area (Å²) in [5.74, 6) is 0. The summed E-state index contributed by atoms with van der Waals surface area (Å²) in [6.07, 6.45) is 0. The molecule has 5 heteroatoms. The lowest BCUT2D eigenvalue weighted by molar-refractivity contribution is 0.335. The highest BCUT2D eigenvalue weighted by molar-refractivity contribution is 7.86. The number of hydrogen-bond donors (Lipinski definition) is 0. The van der Waals surface area contributed by atoms with Crippen LogP contribution in [0.5, 0.6) is 0 Å². The Balaban J connectivity index is 2.73. The van der Waals surface area contributed by atoms with Crippen LogP contribution in [0.2, 0.25) is 0 Å². The van der Waals surface area contributed by atoms with Gasteiger partial charge in [0.1, 0.15) is 6.61 Å². The highest BCUT2D eigenvalue weighted by atomic mass is 32.2. The molecule has 0 saturated heterocycles. The number of hydrogen-bond acceptors (Lipinski definition) is 3. The maximum Gasteiger partial charge on any atom is 0.297 e. The van der Waals surface area contributed by atoms with E-state index < -0.39 is 10.1 Å². The van der Waals surface area contributed by atoms with Crippen LogP contribution in [-0.4, -0.2) is 21.6 Å². The molecule has 0 N–H and O–H groups in total. The summed E-state index contributed by atoms with van der Waals surface area (Å²) in [5, 5.41) is 0. The largest absolute Gasteiger partial charge is 0.314 e. The van der Waals surface area contributed by atoms with E-state index in [0.717, 1.165) is 0 Å². The van der Waals surface area contributed by atoms with E-state index in [2.05, 4.69) is 9.03 Å². The first kappa shape index (κ1) is 10.7. The van der Waals surface area contributed by atoms with E-state index in [1.807, 2.05) is 0 Å². The molecule has 4 nitrogen and oxygen atoms in total. The lowest BCUT2D eigenvalue weighted by Gasteiger charge is -2.01. The summed E-state index contributed by atoms with van der Waals surface area (Å²) < 4.78 is 27.4. The average Bonchev–Trinajstić information content (AvgIpc) is 2.19. The Bertz CT molecular complexity index is 419. The zero-order chi connectivity index (χ0) is 10.4. The Hall–Kier alpha value is -1.38. The Morgan fingerprint density at radius 3 is 2.50 bits per heavy atom. The minimum absolute atomic E-state index is 0.0477. The van der Waals surface area contributed by atoms with Gasteiger partial charge in [-0.15, -0.1) is 0 Å². The van der Waals surface area contributed by atoms with Crippen molar-refractivity contribution in [2.24, 2.45) is 0 Å². The van der Waals surface area contributed by atoms with Gasteiger partial charge in [-0.3, -0.25) is 4.18 Å². The quantitative estimate of drug-likeness (QED) is 0.428. The van der Waals surface area contributed by atoms with Crippen LogP contribution >= 0.6 is 0 Å². The molecule has 0 radical (unpaired) electrons. The predicted molar refractivity (Wildman–Crippen MR) is 51.0 cm³/mol. The summed E-state index contributed by atoms with van der Waals surface area (Å²) in [4.78, 5) is 3.11. The van der Waals surface area contributed by atoms with Gasteiger partial charge in [-0.25, -0.2) is 6.57 Å². The second-order valence-corrected chi connectivity index (χ2v) is 4.09. The molecule has 74 valence electrons. The van der Waals surface area contributed by atoms with Crippen LogP contribution in [0, 0.1) is 6.57 Å². The molecule has 0 spiro atoms. The molecule has 1 rings (SSSR count). The van der Waals surface area contributed by atoms with Gasteiger partial charge in [0, 0.05) is 0 Å². The standard InChI is InChI=1S/C9H9NO3S/c1-10-7-8-13-14(11,12)9-5-3-2-4-6-9/h2-6H,7-8H2. The summed E-state index contributed by atoms with van der Waals surface area (Å²) in [6, 6.07) is 7.86. The van der Waals surface area contributed by atoms with Crippen molar-refractivity contribution in [2.75, 3.05) is 13.2 Å². The highest BCUT2D eigenvalue weighted by Gasteiger charge is 2.14. The smallest absolute Gasteiger partial charge is 0.297 e. The number of rotatable bonds is 4. The van der Waals surface area contributed by atoms with Crippen molar-refractivity contribution in [3.8, 4) is 0 Å². The molecule has 0 atom stereocenters. The zero-order valence-corrected chi connectivity index (χ0v) is 8.20. The molecule has 0 unspecified atom stereocenters. The molecule has 14 heavy (non-hydrogen) atoms. The van der Waals surface area contributed by atoms with Gasteiger partial charge in [-0.1, -0.05) is 18.2 Å². The summed E-state index contributed by atoms with van der Waals surface area (Å²) in [7, 11) is -3.68. The van der Waals surface area contributed by atoms with Crippen LogP contribution in [0.4, 0.5) is 0 Å². The Morgan fingerprint density at radius 1 is 1.29 bits per heavy atom. The number of nitrogens with zero attached hydrogens (tertiary/aromatic N) is 1. The van der Waals surface area contributed by atoms with Crippen LogP contribution in [0.15, 0.2) is 35.2 Å². The molecule has 0 aromatic heterocycles. The first-order chi connectivity index (χ1) is 6.67. The molecule has 0 heterocycles. The number of benzene rings is 1. The third-order valence-electron chi connectivity index (χ3n) is 1.47. The van der Waals surface area contributed by atoms with Gasteiger partial charge in [0.25, 0.3) is 10.1 Å². The fraction of sp³-hybridized carbons (Fsp3) is 0.222. The lowest BCUT2D eigenvalue weighted by Crippen LogP contribution is -2.08. The molecule has 0 aliphatic carbocycles. The Kier molecular flexibility index (Phi) is 3.63. The maximum absolute atomic E-state index is 11.4. The van der Waals surface area contributed by atoms with Gasteiger partial charge in [-0.05, 0) is 12.1 Å². The van der Waals surface area contributed by atoms with Crippen molar-refractivity contribution in [2.45, 2.75) is 4.90 Å². The van der Waals surface area contributed by atoms with E-state index in [9.17, 15) is 8.42 Å². The van der Waals surface area contributed by atoms with Gasteiger partial charge >= 0.3 is 0 Å². The third-order valence-corrected chi connectivity index (χ3v) is 2.80. The van der Waals surface area contributed by atoms with Crippen molar-refractivity contribution in [3.05, 3.63) is 41.7 Å². The molecule has 0 bridgehead atoms. The van der Waals surface area contributed by atoms with Crippen molar-refractivity contribution in [1.82, 2.24) is 0 Å². The lowest BCUT2D eigenvalue weighted by atomic mass is 10.4. The SMILES string of the molecule is [C-]#[N+]CCOS(=O)(=O)c1ccccc1. The zero-order valence-electron chi connectivity index (χ0n) is 7.38. The van der Waals surface area contributed by atoms with Crippen LogP contribution in [0.1, 0.15) is 0 Å². The monoisotopic (exact) mass is 211 g/mol. The predicted octanol–water partition coefficient (Wildman–Crippen LogP) is 1.31. The van der Waals surface area contributed by atoms with Crippen molar-refractivity contribution < 1.29 is 12.6 Å². The second-order valence-electron chi connectivity index (χ2n) is 2.47. The molecular formula is C9H9NO3S.